The Hall–Kier alpha value is -3.88. The largest absolute Gasteiger partial charge is 0.490 e. The van der Waals surface area contributed by atoms with Crippen molar-refractivity contribution < 1.29 is 38.7 Å². The van der Waals surface area contributed by atoms with Crippen molar-refractivity contribution in [1.82, 2.24) is 0 Å². The maximum Gasteiger partial charge on any atom is 0.336 e. The third kappa shape index (κ3) is 5.69. The Bertz CT molecular complexity index is 1440. The lowest BCUT2D eigenvalue weighted by molar-refractivity contribution is 0.0686. The minimum absolute atomic E-state index is 0.0746. The van der Waals surface area contributed by atoms with Crippen molar-refractivity contribution in [2.75, 3.05) is 26.4 Å². The Labute approximate surface area is 233 Å². The molecule has 0 spiro atoms. The molecule has 2 aliphatic heterocycles. The van der Waals surface area contributed by atoms with Crippen LogP contribution in [0.4, 0.5) is 0 Å². The maximum atomic E-state index is 12.3. The number of epoxide rings is 2. The van der Waals surface area contributed by atoms with Crippen LogP contribution in [0.3, 0.4) is 0 Å². The van der Waals surface area contributed by atoms with Gasteiger partial charge in [0, 0.05) is 22.3 Å². The normalized spacial score (nSPS) is 17.4. The van der Waals surface area contributed by atoms with Crippen molar-refractivity contribution in [1.29, 1.82) is 0 Å². The molecule has 5 rings (SSSR count). The molecule has 0 aromatic heterocycles. The van der Waals surface area contributed by atoms with E-state index in [4.69, 9.17) is 18.9 Å². The van der Waals surface area contributed by atoms with Gasteiger partial charge in [0.05, 0.1) is 24.3 Å². The summed E-state index contributed by atoms with van der Waals surface area (Å²) >= 11 is 0. The number of carbonyl (C=O) groups is 2. The first-order valence-corrected chi connectivity index (χ1v) is 13.8. The van der Waals surface area contributed by atoms with E-state index >= 15 is 0 Å². The van der Waals surface area contributed by atoms with Crippen molar-refractivity contribution in [3.63, 3.8) is 0 Å². The lowest BCUT2D eigenvalue weighted by Gasteiger charge is -2.21. The minimum Gasteiger partial charge on any atom is -0.490 e. The average molecular weight is 547 g/mol. The molecule has 0 radical (unpaired) electrons. The van der Waals surface area contributed by atoms with Gasteiger partial charge in [-0.1, -0.05) is 39.0 Å². The molecule has 8 heteroatoms. The van der Waals surface area contributed by atoms with Gasteiger partial charge < -0.3 is 29.2 Å². The second-order valence-electron chi connectivity index (χ2n) is 10.0. The van der Waals surface area contributed by atoms with Gasteiger partial charge in [-0.2, -0.15) is 0 Å². The highest BCUT2D eigenvalue weighted by molar-refractivity contribution is 6.00. The number of aryl methyl sites for hydroxylation is 1. The summed E-state index contributed by atoms with van der Waals surface area (Å²) in [5.74, 6) is -0.741. The van der Waals surface area contributed by atoms with Crippen LogP contribution in [0, 0.1) is 0 Å². The predicted molar refractivity (Wildman–Crippen MR) is 150 cm³/mol. The Balaban J connectivity index is 1.64. The molecule has 0 bridgehead atoms. The first-order valence-electron chi connectivity index (χ1n) is 13.8. The summed E-state index contributed by atoms with van der Waals surface area (Å²) in [5, 5.41) is 20.2. The molecule has 210 valence electrons. The average Bonchev–Trinajstić information content (AvgIpc) is 3.89. The highest BCUT2D eigenvalue weighted by Crippen LogP contribution is 2.41. The van der Waals surface area contributed by atoms with E-state index in [1.165, 1.54) is 0 Å². The third-order valence-corrected chi connectivity index (χ3v) is 7.41. The molecule has 2 N–H and O–H groups in total. The van der Waals surface area contributed by atoms with Gasteiger partial charge in [0.1, 0.15) is 36.9 Å². The number of benzene rings is 3. The van der Waals surface area contributed by atoms with Crippen LogP contribution in [0.15, 0.2) is 42.5 Å². The molecule has 2 unspecified atom stereocenters. The molecule has 0 aliphatic carbocycles. The monoisotopic (exact) mass is 546 g/mol. The molecule has 2 aliphatic rings. The van der Waals surface area contributed by atoms with Crippen LogP contribution in [0.2, 0.25) is 0 Å². The Kier molecular flexibility index (Phi) is 8.09. The van der Waals surface area contributed by atoms with Crippen LogP contribution < -0.4 is 9.47 Å². The fourth-order valence-electron chi connectivity index (χ4n) is 5.20. The van der Waals surface area contributed by atoms with Crippen molar-refractivity contribution >= 4 is 11.9 Å². The fraction of sp³-hybridized carbons (Fsp3) is 0.375. The van der Waals surface area contributed by atoms with Crippen LogP contribution >= 0.6 is 0 Å². The molecular formula is C32H34O8. The zero-order chi connectivity index (χ0) is 28.4. The first kappa shape index (κ1) is 27.7. The maximum absolute atomic E-state index is 12.3. The molecular weight excluding hydrogens is 512 g/mol. The van der Waals surface area contributed by atoms with Crippen LogP contribution in [0.5, 0.6) is 11.5 Å². The lowest BCUT2D eigenvalue weighted by atomic mass is 9.85. The summed E-state index contributed by atoms with van der Waals surface area (Å²) in [6.45, 7) is 8.14. The van der Waals surface area contributed by atoms with Gasteiger partial charge in [-0.05, 0) is 60.2 Å². The molecule has 2 heterocycles. The van der Waals surface area contributed by atoms with E-state index in [1.807, 2.05) is 39.0 Å². The van der Waals surface area contributed by atoms with Crippen molar-refractivity contribution in [3.05, 3.63) is 70.3 Å². The summed E-state index contributed by atoms with van der Waals surface area (Å²) in [7, 11) is 0. The van der Waals surface area contributed by atoms with Gasteiger partial charge >= 0.3 is 11.9 Å². The molecule has 3 aromatic rings. The standard InChI is InChI=1S/C32H34O8/c1-4-18-13-19(29-22(5-2)27(39-16-20-14-37-20)11-9-25(29)31(33)34)7-8-24(18)30-23(6-3)28(40-17-21-15-38-21)12-10-26(30)32(35)36/h7-13,20-21H,4-6,14-17H2,1-3H3,(H,33,34)(H,35,36). The van der Waals surface area contributed by atoms with Gasteiger partial charge in [-0.15, -0.1) is 0 Å². The molecule has 2 saturated heterocycles. The van der Waals surface area contributed by atoms with Gasteiger partial charge in [0.2, 0.25) is 0 Å². The number of hydrogen-bond acceptors (Lipinski definition) is 6. The van der Waals surface area contributed by atoms with E-state index in [9.17, 15) is 19.8 Å². The lowest BCUT2D eigenvalue weighted by Crippen LogP contribution is -2.10. The summed E-state index contributed by atoms with van der Waals surface area (Å²) in [5.41, 5.74) is 5.72. The number of ether oxygens (including phenoxy) is 4. The van der Waals surface area contributed by atoms with Crippen molar-refractivity contribution in [3.8, 4) is 33.8 Å². The van der Waals surface area contributed by atoms with E-state index in [1.54, 1.807) is 24.3 Å². The second kappa shape index (κ2) is 11.7. The Morgan fingerprint density at radius 3 is 1.70 bits per heavy atom. The first-order chi connectivity index (χ1) is 19.4. The summed E-state index contributed by atoms with van der Waals surface area (Å²) < 4.78 is 22.6. The van der Waals surface area contributed by atoms with Crippen LogP contribution in [0.25, 0.3) is 22.3 Å². The van der Waals surface area contributed by atoms with E-state index in [2.05, 4.69) is 0 Å². The quantitative estimate of drug-likeness (QED) is 0.264. The third-order valence-electron chi connectivity index (χ3n) is 7.41. The van der Waals surface area contributed by atoms with Crippen molar-refractivity contribution in [2.45, 2.75) is 52.2 Å². The second-order valence-corrected chi connectivity index (χ2v) is 10.0. The summed E-state index contributed by atoms with van der Waals surface area (Å²) in [4.78, 5) is 24.6. The van der Waals surface area contributed by atoms with Crippen molar-refractivity contribution in [2.24, 2.45) is 0 Å². The van der Waals surface area contributed by atoms with E-state index < -0.39 is 11.9 Å². The van der Waals surface area contributed by atoms with Gasteiger partial charge in [0.25, 0.3) is 0 Å². The molecule has 2 fully saturated rings. The van der Waals surface area contributed by atoms with E-state index in [0.29, 0.717) is 68.3 Å². The smallest absolute Gasteiger partial charge is 0.336 e. The predicted octanol–water partition coefficient (Wildman–Crippen LogP) is 5.66. The topological polar surface area (TPSA) is 118 Å². The Morgan fingerprint density at radius 1 is 0.750 bits per heavy atom. The van der Waals surface area contributed by atoms with Crippen LogP contribution in [-0.4, -0.2) is 60.8 Å². The molecule has 0 amide bonds. The highest BCUT2D eigenvalue weighted by atomic mass is 16.6. The Morgan fingerprint density at radius 2 is 1.25 bits per heavy atom. The molecule has 3 aromatic carbocycles. The zero-order valence-corrected chi connectivity index (χ0v) is 23.0. The minimum atomic E-state index is -1.02. The fourth-order valence-corrected chi connectivity index (χ4v) is 5.20. The van der Waals surface area contributed by atoms with Gasteiger partial charge in [-0.3, -0.25) is 0 Å². The number of aromatic carboxylic acids is 2. The number of carboxylic acids is 2. The van der Waals surface area contributed by atoms with Gasteiger partial charge in [-0.25, -0.2) is 9.59 Å². The number of carboxylic acid groups (broad SMARTS) is 2. The van der Waals surface area contributed by atoms with Crippen LogP contribution in [0.1, 0.15) is 58.2 Å². The molecule has 8 nitrogen and oxygen atoms in total. The SMILES string of the molecule is CCc1cc(-c2c(C(=O)O)ccc(OCC3CO3)c2CC)ccc1-c1c(C(=O)O)ccc(OCC2CO2)c1CC. The summed E-state index contributed by atoms with van der Waals surface area (Å²) in [6, 6.07) is 12.4. The summed E-state index contributed by atoms with van der Waals surface area (Å²) in [6.07, 6.45) is 1.92. The highest BCUT2D eigenvalue weighted by Gasteiger charge is 2.27. The molecule has 40 heavy (non-hydrogen) atoms. The van der Waals surface area contributed by atoms with Crippen LogP contribution in [-0.2, 0) is 28.7 Å². The van der Waals surface area contributed by atoms with E-state index in [-0.39, 0.29) is 23.3 Å². The number of hydrogen-bond donors (Lipinski definition) is 2. The number of rotatable bonds is 13. The molecule has 2 atom stereocenters. The van der Waals surface area contributed by atoms with Gasteiger partial charge in [0.15, 0.2) is 0 Å². The zero-order valence-electron chi connectivity index (χ0n) is 23.0. The molecule has 0 saturated carbocycles. The van der Waals surface area contributed by atoms with E-state index in [0.717, 1.165) is 27.8 Å².